The van der Waals surface area contributed by atoms with Crippen LogP contribution in [0.1, 0.15) is 66.5 Å². The molecule has 1 aromatic carbocycles. The molecule has 0 radical (unpaired) electrons. The van der Waals surface area contributed by atoms with E-state index in [-0.39, 0.29) is 6.04 Å². The molecule has 23 heavy (non-hydrogen) atoms. The minimum Gasteiger partial charge on any atom is -0.444 e. The highest BCUT2D eigenvalue weighted by Gasteiger charge is 2.17. The van der Waals surface area contributed by atoms with Gasteiger partial charge in [-0.2, -0.15) is 0 Å². The highest BCUT2D eigenvalue weighted by atomic mass is 16.6. The summed E-state index contributed by atoms with van der Waals surface area (Å²) in [7, 11) is 0. The van der Waals surface area contributed by atoms with Crippen LogP contribution in [0.5, 0.6) is 0 Å². The number of rotatable bonds is 6. The van der Waals surface area contributed by atoms with Crippen LogP contribution in [0.3, 0.4) is 0 Å². The second kappa shape index (κ2) is 8.34. The SMILES string of the molecule is CCC(NC(C)c1ccc(NC(=O)OC(C)(C)C)cc1)C(C)C. The molecule has 0 bridgehead atoms. The Labute approximate surface area is 141 Å². The molecule has 0 aliphatic rings. The van der Waals surface area contributed by atoms with Crippen LogP contribution >= 0.6 is 0 Å². The molecular formula is C19H32N2O2. The normalized spacial score (nSPS) is 14.4. The highest BCUT2D eigenvalue weighted by molar-refractivity contribution is 5.84. The molecule has 4 heteroatoms. The summed E-state index contributed by atoms with van der Waals surface area (Å²) in [6.07, 6.45) is 0.683. The van der Waals surface area contributed by atoms with E-state index in [2.05, 4.69) is 38.3 Å². The quantitative estimate of drug-likeness (QED) is 0.765. The summed E-state index contributed by atoms with van der Waals surface area (Å²) in [5, 5.41) is 6.41. The summed E-state index contributed by atoms with van der Waals surface area (Å²) < 4.78 is 5.25. The summed E-state index contributed by atoms with van der Waals surface area (Å²) in [5.74, 6) is 0.607. The molecule has 0 fully saturated rings. The number of ether oxygens (including phenoxy) is 1. The first-order valence-electron chi connectivity index (χ1n) is 8.48. The Morgan fingerprint density at radius 1 is 1.13 bits per heavy atom. The van der Waals surface area contributed by atoms with Crippen molar-refractivity contribution in [2.45, 2.75) is 72.6 Å². The van der Waals surface area contributed by atoms with E-state index in [1.807, 2.05) is 45.0 Å². The number of benzene rings is 1. The molecule has 1 aromatic rings. The van der Waals surface area contributed by atoms with Gasteiger partial charge in [-0.25, -0.2) is 4.79 Å². The van der Waals surface area contributed by atoms with Crippen molar-refractivity contribution in [3.05, 3.63) is 29.8 Å². The van der Waals surface area contributed by atoms with Gasteiger partial charge in [0.2, 0.25) is 0 Å². The Hall–Kier alpha value is -1.55. The maximum atomic E-state index is 11.8. The van der Waals surface area contributed by atoms with E-state index >= 15 is 0 Å². The minimum atomic E-state index is -0.492. The first-order chi connectivity index (χ1) is 10.6. The second-order valence-electron chi connectivity index (χ2n) is 7.40. The van der Waals surface area contributed by atoms with E-state index in [1.165, 1.54) is 5.56 Å². The number of hydrogen-bond donors (Lipinski definition) is 2. The first kappa shape index (κ1) is 19.5. The molecule has 1 amide bonds. The van der Waals surface area contributed by atoms with E-state index in [0.29, 0.717) is 12.0 Å². The van der Waals surface area contributed by atoms with Crippen LogP contribution in [0, 0.1) is 5.92 Å². The number of nitrogens with one attached hydrogen (secondary N) is 2. The molecule has 2 unspecified atom stereocenters. The molecule has 0 aromatic heterocycles. The molecule has 4 nitrogen and oxygen atoms in total. The smallest absolute Gasteiger partial charge is 0.412 e. The molecule has 1 rings (SSSR count). The van der Waals surface area contributed by atoms with Gasteiger partial charge in [0.25, 0.3) is 0 Å². The lowest BCUT2D eigenvalue weighted by molar-refractivity contribution is 0.0636. The Kier molecular flexibility index (Phi) is 7.07. The Balaban J connectivity index is 2.64. The second-order valence-corrected chi connectivity index (χ2v) is 7.40. The number of carbonyl (C=O) groups excluding carboxylic acids is 1. The van der Waals surface area contributed by atoms with Gasteiger partial charge in [-0.15, -0.1) is 0 Å². The van der Waals surface area contributed by atoms with Crippen molar-refractivity contribution in [2.24, 2.45) is 5.92 Å². The summed E-state index contributed by atoms with van der Waals surface area (Å²) in [6, 6.07) is 8.68. The molecule has 0 heterocycles. The first-order valence-corrected chi connectivity index (χ1v) is 8.48. The van der Waals surface area contributed by atoms with Gasteiger partial charge >= 0.3 is 6.09 Å². The third kappa shape index (κ3) is 7.04. The van der Waals surface area contributed by atoms with Gasteiger partial charge in [-0.3, -0.25) is 5.32 Å². The van der Waals surface area contributed by atoms with Crippen molar-refractivity contribution in [1.82, 2.24) is 5.32 Å². The van der Waals surface area contributed by atoms with Gasteiger partial charge < -0.3 is 10.1 Å². The van der Waals surface area contributed by atoms with Crippen molar-refractivity contribution in [3.8, 4) is 0 Å². The number of anilines is 1. The molecule has 0 spiro atoms. The van der Waals surface area contributed by atoms with Gasteiger partial charge in [0.15, 0.2) is 0 Å². The predicted molar refractivity (Wildman–Crippen MR) is 96.8 cm³/mol. The largest absolute Gasteiger partial charge is 0.444 e. The number of hydrogen-bond acceptors (Lipinski definition) is 3. The summed E-state index contributed by atoms with van der Waals surface area (Å²) >= 11 is 0. The summed E-state index contributed by atoms with van der Waals surface area (Å²) in [6.45, 7) is 14.4. The fourth-order valence-corrected chi connectivity index (χ4v) is 2.48. The van der Waals surface area contributed by atoms with Gasteiger partial charge in [0.05, 0.1) is 0 Å². The minimum absolute atomic E-state index is 0.276. The third-order valence-corrected chi connectivity index (χ3v) is 3.76. The highest BCUT2D eigenvalue weighted by Crippen LogP contribution is 2.19. The molecule has 0 saturated carbocycles. The lowest BCUT2D eigenvalue weighted by Gasteiger charge is -2.26. The molecule has 130 valence electrons. The summed E-state index contributed by atoms with van der Waals surface area (Å²) in [4.78, 5) is 11.8. The third-order valence-electron chi connectivity index (χ3n) is 3.76. The standard InChI is InChI=1S/C19H32N2O2/c1-8-17(13(2)3)20-14(4)15-9-11-16(12-10-15)21-18(22)23-19(5,6)7/h9-14,17,20H,8H2,1-7H3,(H,21,22). The van der Waals surface area contributed by atoms with E-state index in [9.17, 15) is 4.79 Å². The van der Waals surface area contributed by atoms with Crippen LogP contribution in [0.15, 0.2) is 24.3 Å². The monoisotopic (exact) mass is 320 g/mol. The van der Waals surface area contributed by atoms with Gasteiger partial charge in [0, 0.05) is 17.8 Å². The maximum Gasteiger partial charge on any atom is 0.412 e. The number of amides is 1. The summed E-state index contributed by atoms with van der Waals surface area (Å²) in [5.41, 5.74) is 1.46. The van der Waals surface area contributed by atoms with E-state index in [1.54, 1.807) is 0 Å². The molecule has 0 aliphatic heterocycles. The average Bonchev–Trinajstić information content (AvgIpc) is 2.42. The zero-order valence-electron chi connectivity index (χ0n) is 15.6. The molecular weight excluding hydrogens is 288 g/mol. The Bertz CT molecular complexity index is 489. The van der Waals surface area contributed by atoms with E-state index < -0.39 is 11.7 Å². The van der Waals surface area contributed by atoms with Crippen molar-refractivity contribution in [2.75, 3.05) is 5.32 Å². The zero-order chi connectivity index (χ0) is 17.6. The van der Waals surface area contributed by atoms with Crippen LogP contribution in [0.25, 0.3) is 0 Å². The average molecular weight is 320 g/mol. The van der Waals surface area contributed by atoms with Gasteiger partial charge in [-0.1, -0.05) is 32.9 Å². The molecule has 2 atom stereocenters. The Morgan fingerprint density at radius 2 is 1.70 bits per heavy atom. The Morgan fingerprint density at radius 3 is 2.13 bits per heavy atom. The van der Waals surface area contributed by atoms with Crippen LogP contribution < -0.4 is 10.6 Å². The van der Waals surface area contributed by atoms with Crippen molar-refractivity contribution >= 4 is 11.8 Å². The fourth-order valence-electron chi connectivity index (χ4n) is 2.48. The zero-order valence-corrected chi connectivity index (χ0v) is 15.6. The van der Waals surface area contributed by atoms with Crippen LogP contribution in [0.4, 0.5) is 10.5 Å². The van der Waals surface area contributed by atoms with E-state index in [4.69, 9.17) is 4.74 Å². The van der Waals surface area contributed by atoms with E-state index in [0.717, 1.165) is 12.1 Å². The van der Waals surface area contributed by atoms with Crippen molar-refractivity contribution in [3.63, 3.8) is 0 Å². The molecule has 2 N–H and O–H groups in total. The van der Waals surface area contributed by atoms with Crippen LogP contribution in [0.2, 0.25) is 0 Å². The topological polar surface area (TPSA) is 50.4 Å². The lowest BCUT2D eigenvalue weighted by atomic mass is 9.99. The van der Waals surface area contributed by atoms with Gasteiger partial charge in [-0.05, 0) is 57.7 Å². The number of carbonyl (C=O) groups is 1. The lowest BCUT2D eigenvalue weighted by Crippen LogP contribution is -2.35. The molecule has 0 aliphatic carbocycles. The van der Waals surface area contributed by atoms with Crippen molar-refractivity contribution in [1.29, 1.82) is 0 Å². The predicted octanol–water partition coefficient (Wildman–Crippen LogP) is 5.12. The van der Waals surface area contributed by atoms with Crippen LogP contribution in [-0.2, 0) is 4.74 Å². The molecule has 0 saturated heterocycles. The van der Waals surface area contributed by atoms with Crippen LogP contribution in [-0.4, -0.2) is 17.7 Å². The maximum absolute atomic E-state index is 11.8. The van der Waals surface area contributed by atoms with Crippen molar-refractivity contribution < 1.29 is 9.53 Å². The fraction of sp³-hybridized carbons (Fsp3) is 0.632. The van der Waals surface area contributed by atoms with Gasteiger partial charge in [0.1, 0.15) is 5.60 Å².